The Morgan fingerprint density at radius 3 is 2.59 bits per heavy atom. The fourth-order valence-corrected chi connectivity index (χ4v) is 3.09. The van der Waals surface area contributed by atoms with Gasteiger partial charge in [0.05, 0.1) is 34.9 Å². The minimum Gasteiger partial charge on any atom is -0.384 e. The highest BCUT2D eigenvalue weighted by Gasteiger charge is 2.26. The normalized spacial score (nSPS) is 11.6. The first-order chi connectivity index (χ1) is 13.8. The van der Waals surface area contributed by atoms with Crippen molar-refractivity contribution in [3.05, 3.63) is 71.8 Å². The first-order valence-electron chi connectivity index (χ1n) is 8.71. The Morgan fingerprint density at radius 2 is 1.86 bits per heavy atom. The average Bonchev–Trinajstić information content (AvgIpc) is 3.12. The molecule has 0 aliphatic carbocycles. The van der Waals surface area contributed by atoms with Gasteiger partial charge < -0.3 is 5.11 Å². The molecule has 0 atom stereocenters. The van der Waals surface area contributed by atoms with E-state index < -0.39 is 17.2 Å². The van der Waals surface area contributed by atoms with Crippen LogP contribution in [0.3, 0.4) is 0 Å². The number of benzene rings is 1. The predicted octanol–water partition coefficient (Wildman–Crippen LogP) is 3.84. The summed E-state index contributed by atoms with van der Waals surface area (Å²) in [6.45, 7) is 2.88. The lowest BCUT2D eigenvalue weighted by molar-refractivity contribution is 0.0694. The van der Waals surface area contributed by atoms with E-state index in [4.69, 9.17) is 0 Å². The molecule has 29 heavy (non-hydrogen) atoms. The van der Waals surface area contributed by atoms with Crippen LogP contribution in [0.25, 0.3) is 28.3 Å². The fourth-order valence-electron chi connectivity index (χ4n) is 3.09. The standard InChI is InChI=1S/C21H15F2N5O/c1-21(2,29)19-18(23)20-25-10-17(28(20)11-26-19)16-5-3-4-15(27-16)14-8-13(22)7-6-12(14)9-24/h3-8,10-11,29H,1-2H3. The average molecular weight is 391 g/mol. The van der Waals surface area contributed by atoms with Gasteiger partial charge in [0.1, 0.15) is 23.4 Å². The molecular formula is C21H15F2N5O. The lowest BCUT2D eigenvalue weighted by Crippen LogP contribution is -2.20. The number of rotatable bonds is 3. The van der Waals surface area contributed by atoms with Crippen LogP contribution in [-0.2, 0) is 5.60 Å². The Kier molecular flexibility index (Phi) is 4.32. The van der Waals surface area contributed by atoms with Gasteiger partial charge in [-0.25, -0.2) is 23.7 Å². The number of pyridine rings is 1. The number of hydrogen-bond donors (Lipinski definition) is 1. The zero-order valence-corrected chi connectivity index (χ0v) is 15.6. The Morgan fingerprint density at radius 1 is 1.10 bits per heavy atom. The number of nitrogens with zero attached hydrogens (tertiary/aromatic N) is 5. The highest BCUT2D eigenvalue weighted by Crippen LogP contribution is 2.28. The van der Waals surface area contributed by atoms with Gasteiger partial charge in [-0.2, -0.15) is 5.26 Å². The van der Waals surface area contributed by atoms with E-state index >= 15 is 0 Å². The summed E-state index contributed by atoms with van der Waals surface area (Å²) in [6.07, 6.45) is 2.81. The second-order valence-electron chi connectivity index (χ2n) is 7.01. The maximum absolute atomic E-state index is 14.8. The molecule has 0 saturated heterocycles. The summed E-state index contributed by atoms with van der Waals surface area (Å²) >= 11 is 0. The van der Waals surface area contributed by atoms with Gasteiger partial charge in [0, 0.05) is 5.56 Å². The molecule has 0 aliphatic rings. The fraction of sp³-hybridized carbons (Fsp3) is 0.143. The highest BCUT2D eigenvalue weighted by atomic mass is 19.1. The number of fused-ring (bicyclic) bond motifs is 1. The minimum atomic E-state index is -1.46. The van der Waals surface area contributed by atoms with Crippen LogP contribution in [0.2, 0.25) is 0 Å². The van der Waals surface area contributed by atoms with E-state index in [0.29, 0.717) is 22.6 Å². The van der Waals surface area contributed by atoms with Crippen molar-refractivity contribution in [3.63, 3.8) is 0 Å². The van der Waals surface area contributed by atoms with Gasteiger partial charge in [-0.3, -0.25) is 4.40 Å². The van der Waals surface area contributed by atoms with Crippen molar-refractivity contribution in [3.8, 4) is 28.7 Å². The molecule has 0 amide bonds. The van der Waals surface area contributed by atoms with Crippen molar-refractivity contribution in [2.75, 3.05) is 0 Å². The molecule has 1 N–H and O–H groups in total. The Hall–Kier alpha value is -3.70. The van der Waals surface area contributed by atoms with E-state index in [9.17, 15) is 19.1 Å². The maximum Gasteiger partial charge on any atom is 0.190 e. The second-order valence-corrected chi connectivity index (χ2v) is 7.01. The van der Waals surface area contributed by atoms with Crippen molar-refractivity contribution in [1.82, 2.24) is 19.4 Å². The highest BCUT2D eigenvalue weighted by molar-refractivity contribution is 5.70. The Bertz CT molecular complexity index is 1280. The summed E-state index contributed by atoms with van der Waals surface area (Å²) in [5.74, 6) is -1.20. The molecule has 0 unspecified atom stereocenters. The van der Waals surface area contributed by atoms with Gasteiger partial charge >= 0.3 is 0 Å². The third kappa shape index (κ3) is 3.22. The second kappa shape index (κ2) is 6.72. The largest absolute Gasteiger partial charge is 0.384 e. The van der Waals surface area contributed by atoms with E-state index in [0.717, 1.165) is 0 Å². The smallest absolute Gasteiger partial charge is 0.190 e. The molecule has 0 aliphatic heterocycles. The van der Waals surface area contributed by atoms with Crippen LogP contribution < -0.4 is 0 Å². The number of halogens is 2. The molecular weight excluding hydrogens is 376 g/mol. The molecule has 4 rings (SSSR count). The summed E-state index contributed by atoms with van der Waals surface area (Å²) in [4.78, 5) is 12.6. The van der Waals surface area contributed by atoms with Gasteiger partial charge in [0.2, 0.25) is 0 Å². The van der Waals surface area contributed by atoms with Gasteiger partial charge in [-0.15, -0.1) is 0 Å². The van der Waals surface area contributed by atoms with Crippen molar-refractivity contribution < 1.29 is 13.9 Å². The number of aromatic nitrogens is 4. The topological polar surface area (TPSA) is 87.1 Å². The zero-order valence-electron chi connectivity index (χ0n) is 15.6. The lowest BCUT2D eigenvalue weighted by Gasteiger charge is -2.17. The molecule has 0 saturated carbocycles. The van der Waals surface area contributed by atoms with Gasteiger partial charge in [0.25, 0.3) is 0 Å². The third-order valence-electron chi connectivity index (χ3n) is 4.47. The first-order valence-corrected chi connectivity index (χ1v) is 8.71. The predicted molar refractivity (Wildman–Crippen MR) is 102 cm³/mol. The Balaban J connectivity index is 1.87. The van der Waals surface area contributed by atoms with Crippen LogP contribution in [0, 0.1) is 23.0 Å². The summed E-state index contributed by atoms with van der Waals surface area (Å²) in [6, 6.07) is 10.9. The van der Waals surface area contributed by atoms with Crippen LogP contribution in [0.4, 0.5) is 8.78 Å². The van der Waals surface area contributed by atoms with E-state index in [-0.39, 0.29) is 16.9 Å². The molecule has 6 nitrogen and oxygen atoms in total. The molecule has 1 aromatic carbocycles. The van der Waals surface area contributed by atoms with Crippen molar-refractivity contribution in [2.24, 2.45) is 0 Å². The molecule has 0 fully saturated rings. The van der Waals surface area contributed by atoms with Crippen molar-refractivity contribution in [2.45, 2.75) is 19.4 Å². The van der Waals surface area contributed by atoms with Crippen LogP contribution >= 0.6 is 0 Å². The van der Waals surface area contributed by atoms with Crippen LogP contribution in [0.1, 0.15) is 25.1 Å². The number of aliphatic hydroxyl groups is 1. The quantitative estimate of drug-likeness (QED) is 0.573. The number of hydrogen-bond acceptors (Lipinski definition) is 5. The summed E-state index contributed by atoms with van der Waals surface area (Å²) in [7, 11) is 0. The monoisotopic (exact) mass is 391 g/mol. The minimum absolute atomic E-state index is 0.00259. The van der Waals surface area contributed by atoms with Crippen molar-refractivity contribution in [1.29, 1.82) is 5.26 Å². The lowest BCUT2D eigenvalue weighted by atomic mass is 10.0. The van der Waals surface area contributed by atoms with E-state index in [1.54, 1.807) is 18.2 Å². The molecule has 8 heteroatoms. The zero-order chi connectivity index (χ0) is 20.8. The van der Waals surface area contributed by atoms with E-state index in [1.807, 2.05) is 6.07 Å². The molecule has 3 aromatic heterocycles. The van der Waals surface area contributed by atoms with Gasteiger partial charge in [-0.1, -0.05) is 6.07 Å². The molecule has 0 bridgehead atoms. The van der Waals surface area contributed by atoms with Gasteiger partial charge in [0.15, 0.2) is 11.5 Å². The molecule has 4 aromatic rings. The molecule has 0 radical (unpaired) electrons. The van der Waals surface area contributed by atoms with Crippen molar-refractivity contribution >= 4 is 5.65 Å². The molecule has 0 spiro atoms. The first kappa shape index (κ1) is 18.7. The van der Waals surface area contributed by atoms with Gasteiger partial charge in [-0.05, 0) is 44.2 Å². The summed E-state index contributed by atoms with van der Waals surface area (Å²) in [5.41, 5.74) is 0.390. The number of imidazole rings is 1. The van der Waals surface area contributed by atoms with Crippen LogP contribution in [0.5, 0.6) is 0 Å². The summed E-state index contributed by atoms with van der Waals surface area (Å²) < 4.78 is 29.9. The van der Waals surface area contributed by atoms with Crippen LogP contribution in [0.15, 0.2) is 48.9 Å². The van der Waals surface area contributed by atoms with Crippen LogP contribution in [-0.4, -0.2) is 24.5 Å². The third-order valence-corrected chi connectivity index (χ3v) is 4.47. The number of nitriles is 1. The Labute approximate surface area is 164 Å². The SMILES string of the molecule is CC(C)(O)c1ncn2c(-c3cccc(-c4cc(F)ccc4C#N)n3)cnc2c1F. The molecule has 3 heterocycles. The van der Waals surface area contributed by atoms with E-state index in [1.165, 1.54) is 49.0 Å². The molecule has 144 valence electrons. The summed E-state index contributed by atoms with van der Waals surface area (Å²) in [5, 5.41) is 19.4. The van der Waals surface area contributed by atoms with E-state index in [2.05, 4.69) is 15.0 Å². The maximum atomic E-state index is 14.8.